The summed E-state index contributed by atoms with van der Waals surface area (Å²) in [5.74, 6) is -1.08. The molecule has 1 aliphatic rings. The van der Waals surface area contributed by atoms with Crippen molar-refractivity contribution in [1.29, 1.82) is 0 Å². The molecule has 1 aliphatic heterocycles. The minimum absolute atomic E-state index is 0.273. The molecule has 1 atom stereocenters. The second-order valence-electron chi connectivity index (χ2n) is 6.50. The van der Waals surface area contributed by atoms with Gasteiger partial charge < -0.3 is 4.74 Å². The molecule has 0 radical (unpaired) electrons. The molecular weight excluding hydrogens is 308 g/mol. The maximum Gasteiger partial charge on any atom is 0.430 e. The highest BCUT2D eigenvalue weighted by Crippen LogP contribution is 2.27. The van der Waals surface area contributed by atoms with E-state index < -0.39 is 29.6 Å². The highest BCUT2D eigenvalue weighted by Gasteiger charge is 2.44. The van der Waals surface area contributed by atoms with Crippen molar-refractivity contribution in [1.82, 2.24) is 10.0 Å². The lowest BCUT2D eigenvalue weighted by Gasteiger charge is -2.35. The molecule has 0 unspecified atom stereocenters. The van der Waals surface area contributed by atoms with E-state index in [-0.39, 0.29) is 11.1 Å². The SMILES string of the molecule is C=C[C@@H](CC)N(C(=O)OC(C)(C)C)N1C(=O)c2ccccc2C1=O. The van der Waals surface area contributed by atoms with E-state index in [1.165, 1.54) is 6.08 Å². The lowest BCUT2D eigenvalue weighted by molar-refractivity contribution is -0.0385. The molecule has 0 saturated heterocycles. The standard InChI is InChI=1S/C18H22N2O4/c1-6-12(7-2)19(17(23)24-18(3,4)5)20-15(21)13-10-8-9-11-14(13)16(20)22/h6,8-12H,1,7H2,2-5H3/t12-/m0/s1. The third-order valence-electron chi connectivity index (χ3n) is 3.57. The van der Waals surface area contributed by atoms with Crippen molar-refractivity contribution in [2.75, 3.05) is 0 Å². The molecule has 1 aromatic carbocycles. The van der Waals surface area contributed by atoms with Crippen molar-refractivity contribution in [3.05, 3.63) is 48.0 Å². The monoisotopic (exact) mass is 330 g/mol. The number of fused-ring (bicyclic) bond motifs is 1. The van der Waals surface area contributed by atoms with Crippen molar-refractivity contribution in [3.63, 3.8) is 0 Å². The number of hydrogen-bond donors (Lipinski definition) is 0. The quantitative estimate of drug-likeness (QED) is 0.627. The third-order valence-corrected chi connectivity index (χ3v) is 3.57. The number of imide groups is 1. The van der Waals surface area contributed by atoms with Gasteiger partial charge >= 0.3 is 6.09 Å². The maximum atomic E-state index is 12.7. The molecule has 24 heavy (non-hydrogen) atoms. The predicted molar refractivity (Wildman–Crippen MR) is 89.3 cm³/mol. The molecule has 1 heterocycles. The average Bonchev–Trinajstić information content (AvgIpc) is 2.75. The predicted octanol–water partition coefficient (Wildman–Crippen LogP) is 3.40. The Hall–Kier alpha value is -2.63. The largest absolute Gasteiger partial charge is 0.442 e. The molecular formula is C18H22N2O4. The molecule has 0 aliphatic carbocycles. The minimum atomic E-state index is -0.760. The summed E-state index contributed by atoms with van der Waals surface area (Å²) in [4.78, 5) is 38.0. The van der Waals surface area contributed by atoms with Crippen LogP contribution in [-0.4, -0.2) is 39.6 Å². The topological polar surface area (TPSA) is 66.9 Å². The van der Waals surface area contributed by atoms with Gasteiger partial charge in [-0.1, -0.05) is 25.1 Å². The molecule has 0 spiro atoms. The Morgan fingerprint density at radius 1 is 1.25 bits per heavy atom. The summed E-state index contributed by atoms with van der Waals surface area (Å²) in [7, 11) is 0. The Bertz CT molecular complexity index is 656. The fourth-order valence-corrected chi connectivity index (χ4v) is 2.49. The van der Waals surface area contributed by atoms with Gasteiger partial charge in [0.25, 0.3) is 11.8 Å². The van der Waals surface area contributed by atoms with Crippen molar-refractivity contribution >= 4 is 17.9 Å². The number of carbonyl (C=O) groups excluding carboxylic acids is 3. The van der Waals surface area contributed by atoms with Crippen molar-refractivity contribution in [2.45, 2.75) is 45.8 Å². The number of amides is 3. The first kappa shape index (κ1) is 17.7. The van der Waals surface area contributed by atoms with Crippen LogP contribution in [0.15, 0.2) is 36.9 Å². The maximum absolute atomic E-state index is 12.7. The Balaban J connectivity index is 2.45. The third kappa shape index (κ3) is 3.18. The van der Waals surface area contributed by atoms with Gasteiger partial charge in [-0.3, -0.25) is 9.59 Å². The first-order valence-corrected chi connectivity index (χ1v) is 7.83. The van der Waals surface area contributed by atoms with Crippen molar-refractivity contribution < 1.29 is 19.1 Å². The molecule has 1 aromatic rings. The lowest BCUT2D eigenvalue weighted by atomic mass is 10.1. The number of ether oxygens (including phenoxy) is 1. The van der Waals surface area contributed by atoms with E-state index in [0.717, 1.165) is 10.0 Å². The number of carbonyl (C=O) groups is 3. The molecule has 128 valence electrons. The molecule has 6 heteroatoms. The van der Waals surface area contributed by atoms with Crippen LogP contribution in [0.2, 0.25) is 0 Å². The van der Waals surface area contributed by atoms with Crippen LogP contribution in [0.3, 0.4) is 0 Å². The van der Waals surface area contributed by atoms with E-state index in [2.05, 4.69) is 6.58 Å². The lowest BCUT2D eigenvalue weighted by Crippen LogP contribution is -2.55. The summed E-state index contributed by atoms with van der Waals surface area (Å²) in [5, 5.41) is 1.91. The highest BCUT2D eigenvalue weighted by atomic mass is 16.6. The van der Waals surface area contributed by atoms with Gasteiger partial charge in [-0.05, 0) is 39.3 Å². The van der Waals surface area contributed by atoms with Crippen LogP contribution < -0.4 is 0 Å². The first-order chi connectivity index (χ1) is 11.2. The van der Waals surface area contributed by atoms with Crippen LogP contribution >= 0.6 is 0 Å². The molecule has 0 bridgehead atoms. The summed E-state index contributed by atoms with van der Waals surface area (Å²) in [6, 6.07) is 5.95. The fraction of sp³-hybridized carbons (Fsp3) is 0.389. The Kier molecular flexibility index (Phi) is 4.78. The number of hydrogen-bond acceptors (Lipinski definition) is 4. The van der Waals surface area contributed by atoms with E-state index >= 15 is 0 Å². The molecule has 0 saturated carbocycles. The minimum Gasteiger partial charge on any atom is -0.442 e. The normalized spacial score (nSPS) is 15.1. The molecule has 0 aromatic heterocycles. The summed E-state index contributed by atoms with van der Waals surface area (Å²) in [6.45, 7) is 10.7. The summed E-state index contributed by atoms with van der Waals surface area (Å²) in [5.41, 5.74) is -0.210. The number of benzene rings is 1. The van der Waals surface area contributed by atoms with E-state index in [4.69, 9.17) is 4.74 Å². The van der Waals surface area contributed by atoms with Gasteiger partial charge in [-0.2, -0.15) is 5.01 Å². The van der Waals surface area contributed by atoms with E-state index in [1.807, 2.05) is 6.92 Å². The van der Waals surface area contributed by atoms with Gasteiger partial charge in [0.2, 0.25) is 0 Å². The molecule has 2 rings (SSSR count). The van der Waals surface area contributed by atoms with Gasteiger partial charge in [0.15, 0.2) is 0 Å². The molecule has 3 amide bonds. The van der Waals surface area contributed by atoms with Gasteiger partial charge in [0.05, 0.1) is 17.2 Å². The first-order valence-electron chi connectivity index (χ1n) is 7.83. The zero-order valence-corrected chi connectivity index (χ0v) is 14.4. The Labute approximate surface area is 141 Å². The second kappa shape index (κ2) is 6.47. The second-order valence-corrected chi connectivity index (χ2v) is 6.50. The van der Waals surface area contributed by atoms with Crippen molar-refractivity contribution in [3.8, 4) is 0 Å². The van der Waals surface area contributed by atoms with Crippen LogP contribution in [0.5, 0.6) is 0 Å². The molecule has 0 N–H and O–H groups in total. The van der Waals surface area contributed by atoms with Crippen LogP contribution in [0.1, 0.15) is 54.8 Å². The fourth-order valence-electron chi connectivity index (χ4n) is 2.49. The zero-order chi connectivity index (χ0) is 18.1. The number of nitrogens with zero attached hydrogens (tertiary/aromatic N) is 2. The van der Waals surface area contributed by atoms with Crippen LogP contribution in [0.4, 0.5) is 4.79 Å². The van der Waals surface area contributed by atoms with Gasteiger partial charge in [0, 0.05) is 0 Å². The van der Waals surface area contributed by atoms with Crippen LogP contribution in [0, 0.1) is 0 Å². The highest BCUT2D eigenvalue weighted by molar-refractivity contribution is 6.21. The molecule has 6 nitrogen and oxygen atoms in total. The molecule has 0 fully saturated rings. The average molecular weight is 330 g/mol. The number of rotatable bonds is 4. The Morgan fingerprint density at radius 2 is 1.75 bits per heavy atom. The summed E-state index contributed by atoms with van der Waals surface area (Å²) in [6.07, 6.45) is 1.24. The van der Waals surface area contributed by atoms with Gasteiger partial charge in [0.1, 0.15) is 5.60 Å². The Morgan fingerprint density at radius 3 is 2.12 bits per heavy atom. The van der Waals surface area contributed by atoms with E-state index in [1.54, 1.807) is 45.0 Å². The zero-order valence-electron chi connectivity index (χ0n) is 14.4. The van der Waals surface area contributed by atoms with Crippen LogP contribution in [0.25, 0.3) is 0 Å². The van der Waals surface area contributed by atoms with E-state index in [0.29, 0.717) is 6.42 Å². The number of hydrazine groups is 1. The van der Waals surface area contributed by atoms with E-state index in [9.17, 15) is 14.4 Å². The van der Waals surface area contributed by atoms with Gasteiger partial charge in [-0.15, -0.1) is 6.58 Å². The smallest absolute Gasteiger partial charge is 0.430 e. The van der Waals surface area contributed by atoms with Crippen LogP contribution in [-0.2, 0) is 4.74 Å². The summed E-state index contributed by atoms with van der Waals surface area (Å²) < 4.78 is 5.39. The van der Waals surface area contributed by atoms with Gasteiger partial charge in [-0.25, -0.2) is 9.80 Å². The van der Waals surface area contributed by atoms with Crippen molar-refractivity contribution in [2.24, 2.45) is 0 Å². The summed E-state index contributed by atoms with van der Waals surface area (Å²) >= 11 is 0.